The Morgan fingerprint density at radius 2 is 2.24 bits per heavy atom. The minimum absolute atomic E-state index is 0.00850. The van der Waals surface area contributed by atoms with Gasteiger partial charge in [0.05, 0.1) is 23.6 Å². The van der Waals surface area contributed by atoms with Gasteiger partial charge in [0.1, 0.15) is 0 Å². The molecule has 0 spiro atoms. The van der Waals surface area contributed by atoms with Gasteiger partial charge in [-0.15, -0.1) is 11.8 Å². The number of nitrogens with zero attached hydrogens (tertiary/aromatic N) is 1. The molecule has 1 aromatic rings. The third-order valence-corrected chi connectivity index (χ3v) is 4.86. The fraction of sp³-hybridized carbons (Fsp3) is 0.467. The fourth-order valence-corrected chi connectivity index (χ4v) is 3.46. The molecule has 5 nitrogen and oxygen atoms in total. The highest BCUT2D eigenvalue weighted by molar-refractivity contribution is 8.00. The van der Waals surface area contributed by atoms with Crippen LogP contribution in [0.3, 0.4) is 0 Å². The molecule has 1 saturated heterocycles. The zero-order chi connectivity index (χ0) is 15.0. The molecule has 6 heteroatoms. The lowest BCUT2D eigenvalue weighted by molar-refractivity contribution is -0.115. The minimum atomic E-state index is -0.0980. The van der Waals surface area contributed by atoms with Crippen molar-refractivity contribution in [2.45, 2.75) is 30.1 Å². The summed E-state index contributed by atoms with van der Waals surface area (Å²) >= 11 is 1.52. The molecule has 2 amide bonds. The lowest BCUT2D eigenvalue weighted by atomic mass is 10.1. The van der Waals surface area contributed by atoms with Crippen LogP contribution < -0.4 is 5.32 Å². The monoisotopic (exact) mass is 306 g/mol. The molecule has 0 aliphatic carbocycles. The molecule has 0 bridgehead atoms. The Morgan fingerprint density at radius 3 is 3.00 bits per heavy atom. The molecule has 3 rings (SSSR count). The number of amides is 2. The Kier molecular flexibility index (Phi) is 3.91. The van der Waals surface area contributed by atoms with E-state index in [2.05, 4.69) is 5.32 Å². The summed E-state index contributed by atoms with van der Waals surface area (Å²) in [6.45, 7) is 5.62. The van der Waals surface area contributed by atoms with Crippen molar-refractivity contribution < 1.29 is 14.3 Å². The molecule has 2 aliphatic heterocycles. The van der Waals surface area contributed by atoms with E-state index >= 15 is 0 Å². The van der Waals surface area contributed by atoms with E-state index in [0.717, 1.165) is 10.6 Å². The van der Waals surface area contributed by atoms with E-state index in [1.54, 1.807) is 11.0 Å². The molecule has 1 fully saturated rings. The van der Waals surface area contributed by atoms with Gasteiger partial charge in [-0.2, -0.15) is 0 Å². The molecule has 0 aromatic heterocycles. The first-order chi connectivity index (χ1) is 10.0. The van der Waals surface area contributed by atoms with Crippen LogP contribution >= 0.6 is 11.8 Å². The van der Waals surface area contributed by atoms with Crippen LogP contribution in [0.1, 0.15) is 24.2 Å². The summed E-state index contributed by atoms with van der Waals surface area (Å²) in [5.74, 6) is -0.0251. The number of carbonyl (C=O) groups excluding carboxylic acids is 2. The second-order valence-electron chi connectivity index (χ2n) is 5.39. The number of ether oxygens (including phenoxy) is 1. The van der Waals surface area contributed by atoms with Crippen molar-refractivity contribution >= 4 is 29.3 Å². The van der Waals surface area contributed by atoms with Crippen molar-refractivity contribution in [3.05, 3.63) is 23.8 Å². The van der Waals surface area contributed by atoms with Gasteiger partial charge < -0.3 is 15.0 Å². The average Bonchev–Trinajstić information content (AvgIpc) is 2.47. The molecule has 2 atom stereocenters. The maximum absolute atomic E-state index is 12.5. The summed E-state index contributed by atoms with van der Waals surface area (Å²) in [7, 11) is 0. The largest absolute Gasteiger partial charge is 0.375 e. The summed E-state index contributed by atoms with van der Waals surface area (Å²) in [5, 5.41) is 2.76. The standard InChI is InChI=1S/C15H18N2O3S/c1-9-8-17(5-6-20-9)15(19)11-3-4-13-12(7-11)16-14(18)10(2)21-13/h3-4,7,9-10H,5-6,8H2,1-2H3,(H,16,18). The number of morpholine rings is 1. The quantitative estimate of drug-likeness (QED) is 0.862. The Morgan fingerprint density at radius 1 is 1.43 bits per heavy atom. The van der Waals surface area contributed by atoms with E-state index in [1.165, 1.54) is 11.8 Å². The third-order valence-electron chi connectivity index (χ3n) is 3.69. The van der Waals surface area contributed by atoms with Crippen molar-refractivity contribution in [2.75, 3.05) is 25.0 Å². The van der Waals surface area contributed by atoms with E-state index in [-0.39, 0.29) is 23.2 Å². The van der Waals surface area contributed by atoms with Gasteiger partial charge in [0, 0.05) is 23.5 Å². The highest BCUT2D eigenvalue weighted by Gasteiger charge is 2.26. The van der Waals surface area contributed by atoms with Gasteiger partial charge in [-0.3, -0.25) is 9.59 Å². The molecule has 0 radical (unpaired) electrons. The Balaban J connectivity index is 1.82. The van der Waals surface area contributed by atoms with Gasteiger partial charge in [-0.1, -0.05) is 0 Å². The normalized spacial score (nSPS) is 25.2. The number of thioether (sulfide) groups is 1. The topological polar surface area (TPSA) is 58.6 Å². The van der Waals surface area contributed by atoms with Crippen molar-refractivity contribution in [2.24, 2.45) is 0 Å². The number of nitrogens with one attached hydrogen (secondary N) is 1. The van der Waals surface area contributed by atoms with Gasteiger partial charge in [0.15, 0.2) is 0 Å². The SMILES string of the molecule is CC1CN(C(=O)c2ccc3c(c2)NC(=O)C(C)S3)CCO1. The van der Waals surface area contributed by atoms with Crippen LogP contribution in [0.25, 0.3) is 0 Å². The lowest BCUT2D eigenvalue weighted by Crippen LogP contribution is -2.44. The van der Waals surface area contributed by atoms with E-state index in [1.807, 2.05) is 26.0 Å². The van der Waals surface area contributed by atoms with Crippen LogP contribution in [-0.4, -0.2) is 47.8 Å². The van der Waals surface area contributed by atoms with E-state index < -0.39 is 0 Å². The molecule has 1 aromatic carbocycles. The van der Waals surface area contributed by atoms with Crippen molar-refractivity contribution in [3.63, 3.8) is 0 Å². The number of anilines is 1. The Hall–Kier alpha value is -1.53. The zero-order valence-electron chi connectivity index (χ0n) is 12.1. The molecule has 21 heavy (non-hydrogen) atoms. The summed E-state index contributed by atoms with van der Waals surface area (Å²) in [4.78, 5) is 27.1. The molecular formula is C15H18N2O3S. The van der Waals surface area contributed by atoms with Gasteiger partial charge in [0.2, 0.25) is 5.91 Å². The van der Waals surface area contributed by atoms with Crippen LogP contribution in [-0.2, 0) is 9.53 Å². The van der Waals surface area contributed by atoms with Crippen molar-refractivity contribution in [1.29, 1.82) is 0 Å². The molecule has 112 valence electrons. The molecule has 1 N–H and O–H groups in total. The van der Waals surface area contributed by atoms with E-state index in [0.29, 0.717) is 25.3 Å². The first kappa shape index (κ1) is 14.4. The Bertz CT molecular complexity index is 590. The van der Waals surface area contributed by atoms with Gasteiger partial charge >= 0.3 is 0 Å². The number of hydrogen-bond acceptors (Lipinski definition) is 4. The van der Waals surface area contributed by atoms with Crippen LogP contribution in [0.15, 0.2) is 23.1 Å². The number of hydrogen-bond donors (Lipinski definition) is 1. The van der Waals surface area contributed by atoms with Crippen LogP contribution in [0.2, 0.25) is 0 Å². The van der Waals surface area contributed by atoms with Gasteiger partial charge in [0.25, 0.3) is 5.91 Å². The molecule has 2 heterocycles. The number of rotatable bonds is 1. The predicted molar refractivity (Wildman–Crippen MR) is 81.7 cm³/mol. The van der Waals surface area contributed by atoms with Crippen LogP contribution in [0.4, 0.5) is 5.69 Å². The summed E-state index contributed by atoms with van der Waals surface area (Å²) in [5.41, 5.74) is 1.34. The number of fused-ring (bicyclic) bond motifs is 1. The van der Waals surface area contributed by atoms with Gasteiger partial charge in [-0.05, 0) is 32.0 Å². The van der Waals surface area contributed by atoms with Gasteiger partial charge in [-0.25, -0.2) is 0 Å². The summed E-state index contributed by atoms with van der Waals surface area (Å²) in [6.07, 6.45) is 0.0661. The maximum Gasteiger partial charge on any atom is 0.254 e. The number of carbonyl (C=O) groups is 2. The van der Waals surface area contributed by atoms with Crippen molar-refractivity contribution in [1.82, 2.24) is 4.90 Å². The van der Waals surface area contributed by atoms with Crippen molar-refractivity contribution in [3.8, 4) is 0 Å². The lowest BCUT2D eigenvalue weighted by Gasteiger charge is -2.31. The second-order valence-corrected chi connectivity index (χ2v) is 6.78. The summed E-state index contributed by atoms with van der Waals surface area (Å²) < 4.78 is 5.46. The predicted octanol–water partition coefficient (Wildman–Crippen LogP) is 1.98. The third kappa shape index (κ3) is 2.91. The summed E-state index contributed by atoms with van der Waals surface area (Å²) in [6, 6.07) is 5.51. The highest BCUT2D eigenvalue weighted by atomic mass is 32.2. The van der Waals surface area contributed by atoms with E-state index in [9.17, 15) is 9.59 Å². The first-order valence-corrected chi connectivity index (χ1v) is 7.95. The molecule has 2 unspecified atom stereocenters. The smallest absolute Gasteiger partial charge is 0.254 e. The molecule has 2 aliphatic rings. The highest BCUT2D eigenvalue weighted by Crippen LogP contribution is 2.36. The fourth-order valence-electron chi connectivity index (χ4n) is 2.53. The molecule has 0 saturated carbocycles. The maximum atomic E-state index is 12.5. The Labute approximate surface area is 128 Å². The van der Waals surface area contributed by atoms with E-state index in [4.69, 9.17) is 4.74 Å². The molecular weight excluding hydrogens is 288 g/mol. The van der Waals surface area contributed by atoms with Crippen LogP contribution in [0, 0.1) is 0 Å². The zero-order valence-corrected chi connectivity index (χ0v) is 12.9. The number of benzene rings is 1. The second kappa shape index (κ2) is 5.69. The average molecular weight is 306 g/mol. The van der Waals surface area contributed by atoms with Crippen LogP contribution in [0.5, 0.6) is 0 Å². The minimum Gasteiger partial charge on any atom is -0.375 e. The first-order valence-electron chi connectivity index (χ1n) is 7.07.